The highest BCUT2D eigenvalue weighted by Gasteiger charge is 2.16. The van der Waals surface area contributed by atoms with Crippen LogP contribution in [0.4, 0.5) is 10.5 Å². The van der Waals surface area contributed by atoms with Crippen molar-refractivity contribution in [1.82, 2.24) is 4.98 Å². The second kappa shape index (κ2) is 5.85. The van der Waals surface area contributed by atoms with Crippen LogP contribution in [0.25, 0.3) is 0 Å². The maximum Gasteiger partial charge on any atom is 0.411 e. The molecule has 0 aromatic carbocycles. The minimum absolute atomic E-state index is 0.211. The molecule has 90 valence electrons. The Balaban J connectivity index is 3.21. The zero-order valence-electron chi connectivity index (χ0n) is 10.2. The number of nitrogens with zero attached hydrogens (tertiary/aromatic N) is 2. The van der Waals surface area contributed by atoms with E-state index in [9.17, 15) is 4.79 Å². The van der Waals surface area contributed by atoms with Gasteiger partial charge >= 0.3 is 6.09 Å². The number of ether oxygens (including phenoxy) is 1. The molecule has 1 aromatic rings. The highest BCUT2D eigenvalue weighted by molar-refractivity contribution is 5.87. The van der Waals surface area contributed by atoms with E-state index in [0.29, 0.717) is 11.3 Å². The molecule has 1 rings (SSSR count). The summed E-state index contributed by atoms with van der Waals surface area (Å²) < 4.78 is 4.54. The standard InChI is InChI=1S/C12H15N3O2/c1-4-8(2)10-7-14-6-9(5-13)11(10)15-12(16)17-3/h6-8H,4H2,1-3H3,(H,14,15,16). The first-order chi connectivity index (χ1) is 8.13. The Labute approximate surface area is 100 Å². The van der Waals surface area contributed by atoms with Crippen molar-refractivity contribution >= 4 is 11.8 Å². The molecule has 0 aliphatic rings. The Morgan fingerprint density at radius 1 is 1.65 bits per heavy atom. The number of carbonyl (C=O) groups is 1. The minimum atomic E-state index is -0.586. The van der Waals surface area contributed by atoms with Crippen LogP contribution in [-0.2, 0) is 4.74 Å². The number of aromatic nitrogens is 1. The number of nitrogens with one attached hydrogen (secondary N) is 1. The number of nitriles is 1. The number of rotatable bonds is 3. The van der Waals surface area contributed by atoms with Crippen LogP contribution >= 0.6 is 0 Å². The molecule has 1 atom stereocenters. The molecule has 0 aliphatic heterocycles. The fraction of sp³-hybridized carbons (Fsp3) is 0.417. The van der Waals surface area contributed by atoms with E-state index in [1.54, 1.807) is 6.20 Å². The largest absolute Gasteiger partial charge is 0.453 e. The van der Waals surface area contributed by atoms with E-state index in [2.05, 4.69) is 15.0 Å². The summed E-state index contributed by atoms with van der Waals surface area (Å²) in [4.78, 5) is 15.3. The molecule has 0 saturated carbocycles. The molecule has 17 heavy (non-hydrogen) atoms. The van der Waals surface area contributed by atoms with Gasteiger partial charge in [0.25, 0.3) is 0 Å². The Hall–Kier alpha value is -2.09. The van der Waals surface area contributed by atoms with Crippen molar-refractivity contribution in [2.45, 2.75) is 26.2 Å². The molecule has 0 fully saturated rings. The SMILES string of the molecule is CCC(C)c1cncc(C#N)c1NC(=O)OC. The van der Waals surface area contributed by atoms with E-state index >= 15 is 0 Å². The van der Waals surface area contributed by atoms with Gasteiger partial charge in [-0.3, -0.25) is 10.3 Å². The molecule has 5 heteroatoms. The Kier molecular flexibility index (Phi) is 4.46. The average molecular weight is 233 g/mol. The number of amides is 1. The van der Waals surface area contributed by atoms with Gasteiger partial charge in [0.1, 0.15) is 6.07 Å². The summed E-state index contributed by atoms with van der Waals surface area (Å²) in [6.45, 7) is 4.05. The van der Waals surface area contributed by atoms with Crippen LogP contribution < -0.4 is 5.32 Å². The highest BCUT2D eigenvalue weighted by atomic mass is 16.5. The lowest BCUT2D eigenvalue weighted by Crippen LogP contribution is -2.15. The molecule has 0 bridgehead atoms. The normalized spacial score (nSPS) is 11.4. The molecule has 0 radical (unpaired) electrons. The van der Waals surface area contributed by atoms with Crippen LogP contribution in [0.2, 0.25) is 0 Å². The van der Waals surface area contributed by atoms with Gasteiger partial charge in [-0.1, -0.05) is 13.8 Å². The number of pyridine rings is 1. The smallest absolute Gasteiger partial charge is 0.411 e. The van der Waals surface area contributed by atoms with Crippen molar-refractivity contribution in [2.75, 3.05) is 12.4 Å². The average Bonchev–Trinajstić information content (AvgIpc) is 2.37. The van der Waals surface area contributed by atoms with Crippen molar-refractivity contribution in [2.24, 2.45) is 0 Å². The number of hydrogen-bond acceptors (Lipinski definition) is 4. The molecular weight excluding hydrogens is 218 g/mol. The van der Waals surface area contributed by atoms with Crippen LogP contribution in [0, 0.1) is 11.3 Å². The molecule has 0 saturated heterocycles. The van der Waals surface area contributed by atoms with Gasteiger partial charge in [-0.25, -0.2) is 4.79 Å². The summed E-state index contributed by atoms with van der Waals surface area (Å²) in [5, 5.41) is 11.6. The fourth-order valence-corrected chi connectivity index (χ4v) is 1.45. The minimum Gasteiger partial charge on any atom is -0.453 e. The highest BCUT2D eigenvalue weighted by Crippen LogP contribution is 2.28. The third kappa shape index (κ3) is 2.94. The van der Waals surface area contributed by atoms with Crippen molar-refractivity contribution in [3.8, 4) is 6.07 Å². The molecular formula is C12H15N3O2. The van der Waals surface area contributed by atoms with Crippen LogP contribution in [-0.4, -0.2) is 18.2 Å². The fourth-order valence-electron chi connectivity index (χ4n) is 1.45. The Morgan fingerprint density at radius 3 is 2.88 bits per heavy atom. The topological polar surface area (TPSA) is 75.0 Å². The van der Waals surface area contributed by atoms with Gasteiger partial charge in [0, 0.05) is 12.4 Å². The summed E-state index contributed by atoms with van der Waals surface area (Å²) >= 11 is 0. The number of methoxy groups -OCH3 is 1. The first kappa shape index (κ1) is 13.0. The van der Waals surface area contributed by atoms with E-state index < -0.39 is 6.09 Å². The lowest BCUT2D eigenvalue weighted by atomic mass is 9.97. The molecule has 5 nitrogen and oxygen atoms in total. The van der Waals surface area contributed by atoms with Gasteiger partial charge in [-0.2, -0.15) is 5.26 Å². The lowest BCUT2D eigenvalue weighted by Gasteiger charge is -2.15. The van der Waals surface area contributed by atoms with Crippen LogP contribution in [0.15, 0.2) is 12.4 Å². The third-order valence-corrected chi connectivity index (χ3v) is 2.65. The first-order valence-corrected chi connectivity index (χ1v) is 5.37. The van der Waals surface area contributed by atoms with Crippen LogP contribution in [0.3, 0.4) is 0 Å². The van der Waals surface area contributed by atoms with Crippen molar-refractivity contribution in [1.29, 1.82) is 5.26 Å². The van der Waals surface area contributed by atoms with Gasteiger partial charge < -0.3 is 4.74 Å². The second-order valence-corrected chi connectivity index (χ2v) is 3.69. The quantitative estimate of drug-likeness (QED) is 0.870. The molecule has 0 aliphatic carbocycles. The van der Waals surface area contributed by atoms with E-state index in [4.69, 9.17) is 5.26 Å². The van der Waals surface area contributed by atoms with Gasteiger partial charge in [0.2, 0.25) is 0 Å². The summed E-state index contributed by atoms with van der Waals surface area (Å²) in [5.74, 6) is 0.211. The molecule has 0 spiro atoms. The zero-order chi connectivity index (χ0) is 12.8. The Morgan fingerprint density at radius 2 is 2.35 bits per heavy atom. The predicted octanol–water partition coefficient (Wildman–Crippen LogP) is 2.65. The number of carbonyl (C=O) groups excluding carboxylic acids is 1. The van der Waals surface area contributed by atoms with E-state index in [1.165, 1.54) is 13.3 Å². The zero-order valence-corrected chi connectivity index (χ0v) is 10.2. The molecule has 1 unspecified atom stereocenters. The second-order valence-electron chi connectivity index (χ2n) is 3.69. The van der Waals surface area contributed by atoms with E-state index in [-0.39, 0.29) is 5.92 Å². The van der Waals surface area contributed by atoms with Crippen molar-refractivity contribution in [3.63, 3.8) is 0 Å². The maximum absolute atomic E-state index is 11.2. The van der Waals surface area contributed by atoms with E-state index in [0.717, 1.165) is 12.0 Å². The molecule has 1 N–H and O–H groups in total. The number of anilines is 1. The van der Waals surface area contributed by atoms with Gasteiger partial charge in [-0.05, 0) is 17.9 Å². The van der Waals surface area contributed by atoms with Crippen LogP contribution in [0.1, 0.15) is 37.3 Å². The maximum atomic E-state index is 11.2. The van der Waals surface area contributed by atoms with Crippen LogP contribution in [0.5, 0.6) is 0 Å². The predicted molar refractivity (Wildman–Crippen MR) is 63.7 cm³/mol. The molecule has 1 heterocycles. The summed E-state index contributed by atoms with van der Waals surface area (Å²) in [7, 11) is 1.28. The first-order valence-electron chi connectivity index (χ1n) is 5.37. The number of hydrogen-bond donors (Lipinski definition) is 1. The summed E-state index contributed by atoms with van der Waals surface area (Å²) in [6, 6.07) is 2.01. The summed E-state index contributed by atoms with van der Waals surface area (Å²) in [6.07, 6.45) is 3.40. The lowest BCUT2D eigenvalue weighted by molar-refractivity contribution is 0.187. The molecule has 1 amide bonds. The van der Waals surface area contributed by atoms with Crippen molar-refractivity contribution in [3.05, 3.63) is 23.5 Å². The van der Waals surface area contributed by atoms with Crippen molar-refractivity contribution < 1.29 is 9.53 Å². The summed E-state index contributed by atoms with van der Waals surface area (Å²) in [5.41, 5.74) is 1.67. The monoisotopic (exact) mass is 233 g/mol. The Bertz CT molecular complexity index is 452. The van der Waals surface area contributed by atoms with Gasteiger partial charge in [0.05, 0.1) is 18.4 Å². The third-order valence-electron chi connectivity index (χ3n) is 2.65. The van der Waals surface area contributed by atoms with E-state index in [1.807, 2.05) is 19.9 Å². The van der Waals surface area contributed by atoms with Gasteiger partial charge in [-0.15, -0.1) is 0 Å². The van der Waals surface area contributed by atoms with Gasteiger partial charge in [0.15, 0.2) is 0 Å². The molecule has 1 aromatic heterocycles.